The van der Waals surface area contributed by atoms with E-state index in [0.29, 0.717) is 32.4 Å². The number of hydrogen-bond acceptors (Lipinski definition) is 6. The summed E-state index contributed by atoms with van der Waals surface area (Å²) >= 11 is 0. The van der Waals surface area contributed by atoms with Gasteiger partial charge >= 0.3 is 5.97 Å². The Labute approximate surface area is 225 Å². The Bertz CT molecular complexity index is 1210. The van der Waals surface area contributed by atoms with E-state index in [2.05, 4.69) is 11.5 Å². The highest BCUT2D eigenvalue weighted by atomic mass is 16.6. The molecule has 2 fully saturated rings. The molecular weight excluding hydrogens is 480 g/mol. The molecule has 1 aliphatic carbocycles. The van der Waals surface area contributed by atoms with Crippen LogP contribution < -0.4 is 4.74 Å². The number of carbonyl (C=O) groups is 2. The summed E-state index contributed by atoms with van der Waals surface area (Å²) in [4.78, 5) is 29.8. The normalized spacial score (nSPS) is 25.4. The zero-order valence-electron chi connectivity index (χ0n) is 22.6. The van der Waals surface area contributed by atoms with Crippen molar-refractivity contribution in [2.75, 3.05) is 33.8 Å². The number of benzene rings is 2. The van der Waals surface area contributed by atoms with Gasteiger partial charge in [-0.25, -0.2) is 0 Å². The summed E-state index contributed by atoms with van der Waals surface area (Å²) in [5.74, 6) is 0.500. The van der Waals surface area contributed by atoms with E-state index >= 15 is 0 Å². The van der Waals surface area contributed by atoms with Gasteiger partial charge in [-0.1, -0.05) is 30.3 Å². The van der Waals surface area contributed by atoms with E-state index in [1.165, 1.54) is 6.92 Å². The Kier molecular flexibility index (Phi) is 8.26. The van der Waals surface area contributed by atoms with E-state index in [0.717, 1.165) is 29.8 Å². The average molecular weight is 519 g/mol. The van der Waals surface area contributed by atoms with Crippen LogP contribution >= 0.6 is 0 Å². The molecule has 0 aromatic heterocycles. The minimum absolute atomic E-state index is 0.0607. The molecule has 1 aliphatic heterocycles. The zero-order chi connectivity index (χ0) is 27.3. The SMILES string of the molecule is C=CCN1CC[C@@]2(c3cccc(O)c3)C[C@H](N(C)C(=O)C=Cc3cccc(OC)c3)CC[C@]2(OC(C)=O)C1. The minimum atomic E-state index is -0.773. The number of piperidine rings is 1. The van der Waals surface area contributed by atoms with Crippen molar-refractivity contribution in [2.24, 2.45) is 0 Å². The predicted octanol–water partition coefficient (Wildman–Crippen LogP) is 4.56. The molecule has 4 rings (SSSR count). The van der Waals surface area contributed by atoms with E-state index in [4.69, 9.17) is 9.47 Å². The zero-order valence-corrected chi connectivity index (χ0v) is 22.6. The van der Waals surface area contributed by atoms with Crippen LogP contribution in [0.15, 0.2) is 67.3 Å². The van der Waals surface area contributed by atoms with Crippen LogP contribution in [-0.2, 0) is 19.7 Å². The molecule has 202 valence electrons. The van der Waals surface area contributed by atoms with Crippen molar-refractivity contribution in [3.05, 3.63) is 78.4 Å². The number of phenols is 1. The van der Waals surface area contributed by atoms with Gasteiger partial charge in [0, 0.05) is 44.6 Å². The first kappa shape index (κ1) is 27.5. The number of aromatic hydroxyl groups is 1. The summed E-state index contributed by atoms with van der Waals surface area (Å²) in [6, 6.07) is 14.8. The quantitative estimate of drug-likeness (QED) is 0.314. The monoisotopic (exact) mass is 518 g/mol. The molecule has 1 heterocycles. The van der Waals surface area contributed by atoms with Crippen LogP contribution in [0.25, 0.3) is 6.08 Å². The number of amides is 1. The van der Waals surface area contributed by atoms with Gasteiger partial charge in [0.05, 0.1) is 7.11 Å². The van der Waals surface area contributed by atoms with E-state index in [-0.39, 0.29) is 23.7 Å². The predicted molar refractivity (Wildman–Crippen MR) is 148 cm³/mol. The number of likely N-dealkylation sites (tertiary alicyclic amines) is 1. The van der Waals surface area contributed by atoms with Crippen LogP contribution in [0.4, 0.5) is 0 Å². The van der Waals surface area contributed by atoms with E-state index in [1.54, 1.807) is 36.3 Å². The molecule has 1 saturated carbocycles. The Hall–Kier alpha value is -3.58. The smallest absolute Gasteiger partial charge is 0.303 e. The van der Waals surface area contributed by atoms with Crippen molar-refractivity contribution in [3.8, 4) is 11.5 Å². The van der Waals surface area contributed by atoms with Crippen molar-refractivity contribution >= 4 is 18.0 Å². The summed E-state index contributed by atoms with van der Waals surface area (Å²) in [7, 11) is 3.45. The van der Waals surface area contributed by atoms with E-state index in [9.17, 15) is 14.7 Å². The summed E-state index contributed by atoms with van der Waals surface area (Å²) in [6.45, 7) is 7.43. The van der Waals surface area contributed by atoms with Crippen molar-refractivity contribution in [1.29, 1.82) is 0 Å². The molecule has 38 heavy (non-hydrogen) atoms. The largest absolute Gasteiger partial charge is 0.508 e. The Morgan fingerprint density at radius 2 is 2.00 bits per heavy atom. The number of nitrogens with zero attached hydrogens (tertiary/aromatic N) is 2. The van der Waals surface area contributed by atoms with Crippen molar-refractivity contribution < 1.29 is 24.2 Å². The molecular formula is C31H38N2O5. The molecule has 3 atom stereocenters. The Balaban J connectivity index is 1.66. The number of carbonyl (C=O) groups excluding carboxylic acids is 2. The average Bonchev–Trinajstić information content (AvgIpc) is 2.90. The van der Waals surface area contributed by atoms with E-state index in [1.807, 2.05) is 49.5 Å². The Morgan fingerprint density at radius 3 is 2.71 bits per heavy atom. The standard InChI is InChI=1S/C31H38N2O5/c1-5-17-33-18-16-30(25-9-7-10-27(35)20-25)21-26(14-15-31(30,22-33)38-23(2)34)32(3)29(36)13-12-24-8-6-11-28(19-24)37-4/h5-13,19-20,26,35H,1,14-18,21-22H2,2-4H3/t26-,30+,31+/m1/s1. The van der Waals surface area contributed by atoms with Gasteiger partial charge in [0.1, 0.15) is 17.1 Å². The fourth-order valence-corrected chi connectivity index (χ4v) is 6.34. The molecule has 0 bridgehead atoms. The third-order valence-corrected chi connectivity index (χ3v) is 8.20. The first-order chi connectivity index (χ1) is 18.2. The first-order valence-corrected chi connectivity index (χ1v) is 13.1. The number of likely N-dealkylation sites (N-methyl/N-ethyl adjacent to an activating group) is 1. The molecule has 2 aromatic carbocycles. The molecule has 0 spiro atoms. The second-order valence-electron chi connectivity index (χ2n) is 10.4. The molecule has 1 N–H and O–H groups in total. The number of methoxy groups -OCH3 is 1. The molecule has 0 radical (unpaired) electrons. The minimum Gasteiger partial charge on any atom is -0.508 e. The van der Waals surface area contributed by atoms with Gasteiger partial charge in [-0.3, -0.25) is 14.5 Å². The lowest BCUT2D eigenvalue weighted by Gasteiger charge is -2.60. The molecule has 1 saturated heterocycles. The molecule has 2 aromatic rings. The van der Waals surface area contributed by atoms with Gasteiger partial charge in [0.25, 0.3) is 0 Å². The lowest BCUT2D eigenvalue weighted by molar-refractivity contribution is -0.189. The van der Waals surface area contributed by atoms with Gasteiger partial charge in [-0.15, -0.1) is 6.58 Å². The van der Waals surface area contributed by atoms with Crippen molar-refractivity contribution in [3.63, 3.8) is 0 Å². The van der Waals surface area contributed by atoms with Crippen molar-refractivity contribution in [1.82, 2.24) is 9.80 Å². The second-order valence-corrected chi connectivity index (χ2v) is 10.4. The topological polar surface area (TPSA) is 79.3 Å². The summed E-state index contributed by atoms with van der Waals surface area (Å²) in [5.41, 5.74) is 0.497. The third-order valence-electron chi connectivity index (χ3n) is 8.20. The van der Waals surface area contributed by atoms with Crippen LogP contribution in [0.3, 0.4) is 0 Å². The first-order valence-electron chi connectivity index (χ1n) is 13.1. The van der Waals surface area contributed by atoms with Crippen LogP contribution in [0.2, 0.25) is 0 Å². The summed E-state index contributed by atoms with van der Waals surface area (Å²) in [5, 5.41) is 10.4. The number of rotatable bonds is 8. The number of ether oxygens (including phenoxy) is 2. The second kappa shape index (κ2) is 11.4. The number of phenolic OH excluding ortho intramolecular Hbond substituents is 1. The fourth-order valence-electron chi connectivity index (χ4n) is 6.34. The number of fused-ring (bicyclic) bond motifs is 1. The van der Waals surface area contributed by atoms with Gasteiger partial charge in [-0.2, -0.15) is 0 Å². The lowest BCUT2D eigenvalue weighted by atomic mass is 9.55. The van der Waals surface area contributed by atoms with E-state index < -0.39 is 11.0 Å². The van der Waals surface area contributed by atoms with Gasteiger partial charge in [-0.05, 0) is 73.7 Å². The molecule has 1 amide bonds. The lowest BCUT2D eigenvalue weighted by Crippen LogP contribution is -2.68. The highest BCUT2D eigenvalue weighted by molar-refractivity contribution is 5.91. The molecule has 7 nitrogen and oxygen atoms in total. The third kappa shape index (κ3) is 5.48. The molecule has 7 heteroatoms. The van der Waals surface area contributed by atoms with Gasteiger partial charge < -0.3 is 19.5 Å². The van der Waals surface area contributed by atoms with Crippen LogP contribution in [0, 0.1) is 0 Å². The van der Waals surface area contributed by atoms with Gasteiger partial charge in [0.2, 0.25) is 5.91 Å². The van der Waals surface area contributed by atoms with Crippen LogP contribution in [-0.4, -0.2) is 72.2 Å². The maximum Gasteiger partial charge on any atom is 0.303 e. The highest BCUT2D eigenvalue weighted by Crippen LogP contribution is 2.54. The van der Waals surface area contributed by atoms with Crippen LogP contribution in [0.5, 0.6) is 11.5 Å². The highest BCUT2D eigenvalue weighted by Gasteiger charge is 2.61. The Morgan fingerprint density at radius 1 is 1.21 bits per heavy atom. The fraction of sp³-hybridized carbons (Fsp3) is 0.419. The van der Waals surface area contributed by atoms with Gasteiger partial charge in [0.15, 0.2) is 0 Å². The number of hydrogen-bond donors (Lipinski definition) is 1. The maximum atomic E-state index is 13.3. The summed E-state index contributed by atoms with van der Waals surface area (Å²) < 4.78 is 11.5. The molecule has 0 unspecified atom stereocenters. The maximum absolute atomic E-state index is 13.3. The number of esters is 1. The summed E-state index contributed by atoms with van der Waals surface area (Å²) in [6.07, 6.45) is 7.93. The van der Waals surface area contributed by atoms with Crippen molar-refractivity contribution in [2.45, 2.75) is 49.7 Å². The molecule has 2 aliphatic rings. The van der Waals surface area contributed by atoms with Crippen LogP contribution in [0.1, 0.15) is 43.7 Å².